The second-order valence-electron chi connectivity index (χ2n) is 5.02. The molecule has 0 saturated carbocycles. The highest BCUT2D eigenvalue weighted by molar-refractivity contribution is 7.17. The number of alkyl halides is 1. The van der Waals surface area contributed by atoms with Gasteiger partial charge in [0.15, 0.2) is 17.5 Å². The summed E-state index contributed by atoms with van der Waals surface area (Å²) < 4.78 is 23.1. The molecule has 0 aliphatic carbocycles. The fraction of sp³-hybridized carbons (Fsp3) is 0.312. The molecule has 0 aliphatic rings. The van der Waals surface area contributed by atoms with Crippen LogP contribution in [0.25, 0.3) is 10.6 Å². The SMILES string of the molecule is COc1ccc(-c2nc(C)c(C(=O)NC(CF)C(=O)O)s2)cc1OC. The lowest BCUT2D eigenvalue weighted by molar-refractivity contribution is -0.139. The van der Waals surface area contributed by atoms with E-state index in [9.17, 15) is 14.0 Å². The van der Waals surface area contributed by atoms with Crippen LogP contribution in [0.2, 0.25) is 0 Å². The van der Waals surface area contributed by atoms with Crippen LogP contribution in [0.15, 0.2) is 18.2 Å². The standard InChI is InChI=1S/C16H17FN2O5S/c1-8-13(14(20)19-10(7-17)16(21)22)25-15(18-8)9-4-5-11(23-2)12(6-9)24-3/h4-6,10H,7H2,1-3H3,(H,19,20)(H,21,22). The van der Waals surface area contributed by atoms with Gasteiger partial charge in [-0.2, -0.15) is 0 Å². The first-order valence-corrected chi connectivity index (χ1v) is 8.02. The van der Waals surface area contributed by atoms with Crippen molar-refractivity contribution in [2.75, 3.05) is 20.9 Å². The number of hydrogen-bond donors (Lipinski definition) is 2. The molecule has 134 valence electrons. The first kappa shape index (κ1) is 18.7. The maximum absolute atomic E-state index is 12.7. The Morgan fingerprint density at radius 2 is 2.00 bits per heavy atom. The number of ether oxygens (including phenoxy) is 2. The molecule has 1 unspecified atom stereocenters. The number of aromatic nitrogens is 1. The van der Waals surface area contributed by atoms with Crippen molar-refractivity contribution in [1.29, 1.82) is 0 Å². The van der Waals surface area contributed by atoms with Gasteiger partial charge in [0.1, 0.15) is 16.6 Å². The first-order chi connectivity index (χ1) is 11.9. The van der Waals surface area contributed by atoms with E-state index in [-0.39, 0.29) is 4.88 Å². The molecule has 9 heteroatoms. The molecule has 1 amide bonds. The Hall–Kier alpha value is -2.68. The van der Waals surface area contributed by atoms with E-state index in [0.29, 0.717) is 27.8 Å². The molecule has 1 heterocycles. The summed E-state index contributed by atoms with van der Waals surface area (Å²) in [7, 11) is 3.04. The van der Waals surface area contributed by atoms with Crippen molar-refractivity contribution < 1.29 is 28.6 Å². The zero-order valence-electron chi connectivity index (χ0n) is 13.8. The molecule has 0 bridgehead atoms. The van der Waals surface area contributed by atoms with Crippen LogP contribution in [-0.4, -0.2) is 48.9 Å². The Bertz CT molecular complexity index is 793. The van der Waals surface area contributed by atoms with E-state index in [1.807, 2.05) is 0 Å². The Kier molecular flexibility index (Phi) is 5.92. The monoisotopic (exact) mass is 368 g/mol. The van der Waals surface area contributed by atoms with Crippen molar-refractivity contribution in [3.63, 3.8) is 0 Å². The molecule has 1 aromatic carbocycles. The van der Waals surface area contributed by atoms with Crippen molar-refractivity contribution >= 4 is 23.2 Å². The van der Waals surface area contributed by atoms with Gasteiger partial charge in [-0.3, -0.25) is 4.79 Å². The fourth-order valence-corrected chi connectivity index (χ4v) is 3.06. The van der Waals surface area contributed by atoms with Crippen LogP contribution in [0.4, 0.5) is 4.39 Å². The number of hydrogen-bond acceptors (Lipinski definition) is 6. The van der Waals surface area contributed by atoms with Gasteiger partial charge in [0, 0.05) is 5.56 Å². The van der Waals surface area contributed by atoms with E-state index in [1.165, 1.54) is 14.2 Å². The van der Waals surface area contributed by atoms with E-state index < -0.39 is 24.6 Å². The number of nitrogens with zero attached hydrogens (tertiary/aromatic N) is 1. The Labute approximate surface area is 147 Å². The molecule has 0 fully saturated rings. The number of amides is 1. The molecule has 0 saturated heterocycles. The predicted octanol–water partition coefficient (Wildman–Crippen LogP) is 2.29. The van der Waals surface area contributed by atoms with Gasteiger partial charge in [-0.1, -0.05) is 0 Å². The lowest BCUT2D eigenvalue weighted by atomic mass is 10.2. The van der Waals surface area contributed by atoms with Crippen molar-refractivity contribution in [3.05, 3.63) is 28.8 Å². The van der Waals surface area contributed by atoms with Crippen LogP contribution in [-0.2, 0) is 4.79 Å². The molecule has 2 aromatic rings. The quantitative estimate of drug-likeness (QED) is 0.778. The van der Waals surface area contributed by atoms with Gasteiger partial charge >= 0.3 is 5.97 Å². The molecular formula is C16H17FN2O5S. The number of carboxylic acid groups (broad SMARTS) is 1. The van der Waals surface area contributed by atoms with Crippen molar-refractivity contribution in [2.24, 2.45) is 0 Å². The first-order valence-electron chi connectivity index (χ1n) is 7.20. The normalized spacial score (nSPS) is 11.7. The predicted molar refractivity (Wildman–Crippen MR) is 90.3 cm³/mol. The average molecular weight is 368 g/mol. The minimum atomic E-state index is -1.58. The Morgan fingerprint density at radius 1 is 1.32 bits per heavy atom. The molecule has 1 aromatic heterocycles. The molecule has 1 atom stereocenters. The summed E-state index contributed by atoms with van der Waals surface area (Å²) in [5.41, 5.74) is 1.14. The number of aryl methyl sites for hydroxylation is 1. The Morgan fingerprint density at radius 3 is 2.56 bits per heavy atom. The summed E-state index contributed by atoms with van der Waals surface area (Å²) in [5.74, 6) is -1.03. The zero-order valence-corrected chi connectivity index (χ0v) is 14.6. The lowest BCUT2D eigenvalue weighted by Gasteiger charge is -2.09. The van der Waals surface area contributed by atoms with Gasteiger partial charge in [-0.15, -0.1) is 11.3 Å². The minimum absolute atomic E-state index is 0.226. The summed E-state index contributed by atoms with van der Waals surface area (Å²) in [5, 5.41) is 11.5. The second kappa shape index (κ2) is 7.93. The van der Waals surface area contributed by atoms with Crippen LogP contribution in [0.1, 0.15) is 15.4 Å². The van der Waals surface area contributed by atoms with Crippen LogP contribution in [0, 0.1) is 6.92 Å². The number of nitrogens with one attached hydrogen (secondary N) is 1. The highest BCUT2D eigenvalue weighted by Gasteiger charge is 2.23. The number of halogens is 1. The van der Waals surface area contributed by atoms with Crippen molar-refractivity contribution in [2.45, 2.75) is 13.0 Å². The van der Waals surface area contributed by atoms with Gasteiger partial charge in [0.25, 0.3) is 5.91 Å². The molecule has 2 N–H and O–H groups in total. The number of carboxylic acids is 1. The van der Waals surface area contributed by atoms with Crippen LogP contribution in [0.5, 0.6) is 11.5 Å². The number of benzene rings is 1. The van der Waals surface area contributed by atoms with Crippen LogP contribution >= 0.6 is 11.3 Å². The van der Waals surface area contributed by atoms with Crippen molar-refractivity contribution in [1.82, 2.24) is 10.3 Å². The average Bonchev–Trinajstić information content (AvgIpc) is 3.00. The van der Waals surface area contributed by atoms with E-state index in [1.54, 1.807) is 25.1 Å². The number of aliphatic carboxylic acids is 1. The maximum Gasteiger partial charge on any atom is 0.328 e. The number of methoxy groups -OCH3 is 2. The maximum atomic E-state index is 12.7. The highest BCUT2D eigenvalue weighted by Crippen LogP contribution is 2.34. The summed E-state index contributed by atoms with van der Waals surface area (Å²) >= 11 is 1.08. The Balaban J connectivity index is 2.31. The van der Waals surface area contributed by atoms with Crippen molar-refractivity contribution in [3.8, 4) is 22.1 Å². The zero-order chi connectivity index (χ0) is 18.6. The summed E-state index contributed by atoms with van der Waals surface area (Å²) in [6.07, 6.45) is 0. The third-order valence-corrected chi connectivity index (χ3v) is 4.60. The van der Waals surface area contributed by atoms with Crippen LogP contribution < -0.4 is 14.8 Å². The smallest absolute Gasteiger partial charge is 0.328 e. The topological polar surface area (TPSA) is 97.8 Å². The highest BCUT2D eigenvalue weighted by atomic mass is 32.1. The molecule has 2 rings (SSSR count). The van der Waals surface area contributed by atoms with E-state index in [0.717, 1.165) is 11.3 Å². The molecule has 7 nitrogen and oxygen atoms in total. The largest absolute Gasteiger partial charge is 0.493 e. The molecule has 0 radical (unpaired) electrons. The second-order valence-corrected chi connectivity index (χ2v) is 6.02. The third kappa shape index (κ3) is 4.05. The number of carbonyl (C=O) groups is 2. The molecular weight excluding hydrogens is 351 g/mol. The third-order valence-electron chi connectivity index (χ3n) is 3.39. The van der Waals surface area contributed by atoms with Crippen LogP contribution in [0.3, 0.4) is 0 Å². The minimum Gasteiger partial charge on any atom is -0.493 e. The summed E-state index contributed by atoms with van der Waals surface area (Å²) in [4.78, 5) is 27.6. The molecule has 25 heavy (non-hydrogen) atoms. The van der Waals surface area contributed by atoms with Gasteiger partial charge in [0.2, 0.25) is 0 Å². The van der Waals surface area contributed by atoms with Gasteiger partial charge < -0.3 is 19.9 Å². The van der Waals surface area contributed by atoms with E-state index in [2.05, 4.69) is 10.3 Å². The van der Waals surface area contributed by atoms with E-state index >= 15 is 0 Å². The fourth-order valence-electron chi connectivity index (χ4n) is 2.09. The number of thiazole rings is 1. The molecule has 0 spiro atoms. The molecule has 0 aliphatic heterocycles. The number of rotatable bonds is 7. The summed E-state index contributed by atoms with van der Waals surface area (Å²) in [6, 6.07) is 3.62. The van der Waals surface area contributed by atoms with Gasteiger partial charge in [-0.25, -0.2) is 14.2 Å². The van der Waals surface area contributed by atoms with Gasteiger partial charge in [0.05, 0.1) is 19.9 Å². The lowest BCUT2D eigenvalue weighted by Crippen LogP contribution is -2.42. The number of carbonyl (C=O) groups excluding carboxylic acids is 1. The van der Waals surface area contributed by atoms with Gasteiger partial charge in [-0.05, 0) is 25.1 Å². The van der Waals surface area contributed by atoms with E-state index in [4.69, 9.17) is 14.6 Å². The summed E-state index contributed by atoms with van der Waals surface area (Å²) in [6.45, 7) is 0.433.